The summed E-state index contributed by atoms with van der Waals surface area (Å²) in [4.78, 5) is 4.90. The molecule has 266 valence electrons. The lowest BCUT2D eigenvalue weighted by Gasteiger charge is -2.19. The molecular formula is C53H39N3. The Balaban J connectivity index is 1.03. The molecule has 1 atom stereocenters. The van der Waals surface area contributed by atoms with E-state index in [-0.39, 0.29) is 0 Å². The quantitative estimate of drug-likeness (QED) is 0.157. The van der Waals surface area contributed by atoms with Crippen LogP contribution in [-0.4, -0.2) is 14.1 Å². The number of benzene rings is 6. The highest BCUT2D eigenvalue weighted by molar-refractivity contribution is 6.11. The second-order valence-electron chi connectivity index (χ2n) is 15.2. The van der Waals surface area contributed by atoms with Crippen LogP contribution in [0.1, 0.15) is 47.2 Å². The Labute approximate surface area is 326 Å². The van der Waals surface area contributed by atoms with Crippen LogP contribution in [0.4, 0.5) is 0 Å². The van der Waals surface area contributed by atoms with Gasteiger partial charge in [-0.05, 0) is 106 Å². The molecule has 0 amide bonds. The number of hydrogen-bond donors (Lipinski definition) is 0. The zero-order valence-electron chi connectivity index (χ0n) is 31.3. The molecule has 6 aromatic carbocycles. The molecule has 0 N–H and O–H groups in total. The van der Waals surface area contributed by atoms with E-state index in [4.69, 9.17) is 4.98 Å². The Morgan fingerprint density at radius 1 is 0.625 bits per heavy atom. The third kappa shape index (κ3) is 4.94. The fourth-order valence-corrected chi connectivity index (χ4v) is 9.48. The van der Waals surface area contributed by atoms with Crippen LogP contribution in [0.2, 0.25) is 0 Å². The van der Waals surface area contributed by atoms with Gasteiger partial charge >= 0.3 is 0 Å². The van der Waals surface area contributed by atoms with E-state index < -0.39 is 0 Å². The summed E-state index contributed by atoms with van der Waals surface area (Å²) in [5, 5.41) is 3.81. The molecule has 0 saturated heterocycles. The zero-order valence-corrected chi connectivity index (χ0v) is 31.3. The van der Waals surface area contributed by atoms with Crippen LogP contribution >= 0.6 is 0 Å². The number of pyridine rings is 1. The third-order valence-corrected chi connectivity index (χ3v) is 12.0. The molecule has 3 heterocycles. The van der Waals surface area contributed by atoms with Gasteiger partial charge in [-0.2, -0.15) is 0 Å². The van der Waals surface area contributed by atoms with Crippen molar-refractivity contribution in [3.05, 3.63) is 198 Å². The van der Waals surface area contributed by atoms with Crippen molar-refractivity contribution >= 4 is 44.9 Å². The van der Waals surface area contributed by atoms with Crippen molar-refractivity contribution in [1.29, 1.82) is 0 Å². The van der Waals surface area contributed by atoms with Crippen molar-refractivity contribution in [2.75, 3.05) is 0 Å². The second kappa shape index (κ2) is 12.8. The fourth-order valence-electron chi connectivity index (χ4n) is 9.48. The maximum absolute atomic E-state index is 4.90. The zero-order chi connectivity index (χ0) is 37.3. The van der Waals surface area contributed by atoms with E-state index in [9.17, 15) is 0 Å². The molecule has 2 aliphatic rings. The largest absolute Gasteiger partial charge is 0.313 e. The van der Waals surface area contributed by atoms with Crippen LogP contribution in [0.5, 0.6) is 0 Å². The lowest BCUT2D eigenvalue weighted by atomic mass is 9.92. The summed E-state index contributed by atoms with van der Waals surface area (Å²) in [6.45, 7) is 6.23. The summed E-state index contributed by atoms with van der Waals surface area (Å²) in [6, 6.07) is 51.4. The summed E-state index contributed by atoms with van der Waals surface area (Å²) < 4.78 is 4.91. The SMILES string of the molecule is C=C/C=C\c1cccc2c1Cc1c(-c3cccc(-n4c5ccccc5c5cc(-c6ccc7c(c6)c6c(n7-c7ccccc7)C(C)CC=C6)ccc54)c3)ccnc1-2. The van der Waals surface area contributed by atoms with Gasteiger partial charge in [0.2, 0.25) is 0 Å². The molecule has 0 saturated carbocycles. The van der Waals surface area contributed by atoms with Crippen molar-refractivity contribution in [3.8, 4) is 44.9 Å². The minimum absolute atomic E-state index is 0.445. The molecule has 0 spiro atoms. The van der Waals surface area contributed by atoms with Crippen LogP contribution < -0.4 is 0 Å². The first-order valence-corrected chi connectivity index (χ1v) is 19.6. The van der Waals surface area contributed by atoms with Gasteiger partial charge in [0.15, 0.2) is 0 Å². The Bertz CT molecular complexity index is 3110. The molecule has 2 aliphatic carbocycles. The van der Waals surface area contributed by atoms with E-state index in [1.165, 1.54) is 94.2 Å². The number of aromatic nitrogens is 3. The normalized spacial score (nSPS) is 14.5. The van der Waals surface area contributed by atoms with Crippen molar-refractivity contribution in [2.24, 2.45) is 0 Å². The molecule has 3 heteroatoms. The van der Waals surface area contributed by atoms with Crippen molar-refractivity contribution < 1.29 is 0 Å². The Morgan fingerprint density at radius 2 is 1.38 bits per heavy atom. The van der Waals surface area contributed by atoms with Crippen molar-refractivity contribution in [1.82, 2.24) is 14.1 Å². The first-order chi connectivity index (χ1) is 27.7. The number of hydrogen-bond acceptors (Lipinski definition) is 1. The highest BCUT2D eigenvalue weighted by atomic mass is 15.0. The Morgan fingerprint density at radius 3 is 2.23 bits per heavy atom. The van der Waals surface area contributed by atoms with Gasteiger partial charge in [-0.3, -0.25) is 4.98 Å². The van der Waals surface area contributed by atoms with Crippen LogP contribution in [0.15, 0.2) is 171 Å². The standard InChI is InChI=1S/C53H39N3/c1-3-4-14-35-15-12-21-43-45(35)33-48-41(28-29-54-52(43)48)38-16-11-19-40(30-38)55-49-23-9-8-20-42(49)46-31-36(24-26-50(46)55)37-25-27-51-47(32-37)44-22-10-13-34(2)53(44)56(51)39-17-6-5-7-18-39/h3-12,14-32,34H,1,13,33H2,2H3/b14-4-. The van der Waals surface area contributed by atoms with Gasteiger partial charge in [0.1, 0.15) is 0 Å². The average molecular weight is 718 g/mol. The van der Waals surface area contributed by atoms with Crippen molar-refractivity contribution in [3.63, 3.8) is 0 Å². The number of fused-ring (bicyclic) bond motifs is 9. The van der Waals surface area contributed by atoms with E-state index in [0.717, 1.165) is 24.2 Å². The number of nitrogens with zero attached hydrogens (tertiary/aromatic N) is 3. The Hall–Kier alpha value is -6.97. The third-order valence-electron chi connectivity index (χ3n) is 12.0. The van der Waals surface area contributed by atoms with Gasteiger partial charge < -0.3 is 9.13 Å². The molecule has 1 unspecified atom stereocenters. The topological polar surface area (TPSA) is 22.8 Å². The maximum atomic E-state index is 4.90. The van der Waals surface area contributed by atoms with Gasteiger partial charge in [0, 0.05) is 62.9 Å². The van der Waals surface area contributed by atoms with Crippen molar-refractivity contribution in [2.45, 2.75) is 25.7 Å². The van der Waals surface area contributed by atoms with E-state index >= 15 is 0 Å². The highest BCUT2D eigenvalue weighted by Gasteiger charge is 2.26. The maximum Gasteiger partial charge on any atom is 0.0746 e. The molecular weight excluding hydrogens is 679 g/mol. The summed E-state index contributed by atoms with van der Waals surface area (Å²) in [5.74, 6) is 0.445. The molecule has 3 nitrogen and oxygen atoms in total. The molecule has 0 fully saturated rings. The molecule has 0 bridgehead atoms. The lowest BCUT2D eigenvalue weighted by molar-refractivity contribution is 0.723. The van der Waals surface area contributed by atoms with Crippen LogP contribution in [-0.2, 0) is 6.42 Å². The molecule has 11 rings (SSSR count). The smallest absolute Gasteiger partial charge is 0.0746 e. The molecule has 3 aromatic heterocycles. The summed E-state index contributed by atoms with van der Waals surface area (Å²) >= 11 is 0. The molecule has 0 radical (unpaired) electrons. The summed E-state index contributed by atoms with van der Waals surface area (Å²) in [6.07, 6.45) is 14.5. The first kappa shape index (κ1) is 32.5. The number of para-hydroxylation sites is 2. The van der Waals surface area contributed by atoms with E-state index in [0.29, 0.717) is 5.92 Å². The van der Waals surface area contributed by atoms with E-state index in [1.807, 2.05) is 18.3 Å². The van der Waals surface area contributed by atoms with Crippen LogP contribution in [0, 0.1) is 0 Å². The predicted molar refractivity (Wildman–Crippen MR) is 236 cm³/mol. The predicted octanol–water partition coefficient (Wildman–Crippen LogP) is 13.7. The van der Waals surface area contributed by atoms with Gasteiger partial charge in [-0.1, -0.05) is 123 Å². The van der Waals surface area contributed by atoms with Crippen LogP contribution in [0.3, 0.4) is 0 Å². The second-order valence-corrected chi connectivity index (χ2v) is 15.2. The number of rotatable bonds is 6. The van der Waals surface area contributed by atoms with Gasteiger partial charge in [-0.15, -0.1) is 0 Å². The lowest BCUT2D eigenvalue weighted by Crippen LogP contribution is -2.06. The van der Waals surface area contributed by atoms with Gasteiger partial charge in [-0.25, -0.2) is 0 Å². The molecule has 9 aromatic rings. The monoisotopic (exact) mass is 717 g/mol. The van der Waals surface area contributed by atoms with Gasteiger partial charge in [0.25, 0.3) is 0 Å². The minimum atomic E-state index is 0.445. The van der Waals surface area contributed by atoms with Crippen LogP contribution in [0.25, 0.3) is 89.7 Å². The summed E-state index contributed by atoms with van der Waals surface area (Å²) in [7, 11) is 0. The number of allylic oxidation sites excluding steroid dienone is 3. The molecule has 0 aliphatic heterocycles. The van der Waals surface area contributed by atoms with Gasteiger partial charge in [0.05, 0.1) is 22.2 Å². The van der Waals surface area contributed by atoms with E-state index in [1.54, 1.807) is 0 Å². The summed E-state index contributed by atoms with van der Waals surface area (Å²) in [5.41, 5.74) is 19.8. The minimum Gasteiger partial charge on any atom is -0.313 e. The fraction of sp³-hybridized carbons (Fsp3) is 0.0755. The highest BCUT2D eigenvalue weighted by Crippen LogP contribution is 2.44. The van der Waals surface area contributed by atoms with E-state index in [2.05, 4.69) is 180 Å². The first-order valence-electron chi connectivity index (χ1n) is 19.6. The average Bonchev–Trinajstić information content (AvgIpc) is 3.91. The molecule has 56 heavy (non-hydrogen) atoms. The Kier molecular flexibility index (Phi) is 7.43.